The fraction of sp³-hybridized carbons (Fsp3) is 0.231. The van der Waals surface area contributed by atoms with Crippen LogP contribution in [0.3, 0.4) is 0 Å². The number of H-pyrrole nitrogens is 2. The van der Waals surface area contributed by atoms with E-state index in [0.717, 1.165) is 44.9 Å². The van der Waals surface area contributed by atoms with Crippen molar-refractivity contribution in [2.75, 3.05) is 13.1 Å². The Hall–Kier alpha value is -3.35. The standard InChI is InChI=1S/C26H25ClN4O2/c1-17-26(33)31(15-18-2-4-19(5-3-18)20-6-9-25(32)28-14-20)11-10-30(17)16-23-13-21-12-22(27)7-8-24(21)29-23/h2-9,12-14,17,29H,10-11,15-16H2,1H3,(H,28,32)/t17-/m0/s1. The summed E-state index contributed by atoms with van der Waals surface area (Å²) in [6.07, 6.45) is 1.71. The lowest BCUT2D eigenvalue weighted by atomic mass is 10.0. The topological polar surface area (TPSA) is 72.2 Å². The third-order valence-corrected chi connectivity index (χ3v) is 6.57. The predicted molar refractivity (Wildman–Crippen MR) is 131 cm³/mol. The second-order valence-corrected chi connectivity index (χ2v) is 9.01. The van der Waals surface area contributed by atoms with Gasteiger partial charge >= 0.3 is 0 Å². The maximum Gasteiger partial charge on any atom is 0.247 e. The molecule has 0 saturated carbocycles. The molecule has 0 radical (unpaired) electrons. The van der Waals surface area contributed by atoms with Crippen molar-refractivity contribution in [3.8, 4) is 11.1 Å². The first-order valence-corrected chi connectivity index (χ1v) is 11.4. The number of rotatable bonds is 5. The van der Waals surface area contributed by atoms with E-state index in [1.54, 1.807) is 12.3 Å². The molecule has 168 valence electrons. The van der Waals surface area contributed by atoms with Crippen LogP contribution in [0, 0.1) is 0 Å². The average molecular weight is 461 g/mol. The molecule has 1 saturated heterocycles. The third kappa shape index (κ3) is 4.58. The molecule has 0 aliphatic carbocycles. The highest BCUT2D eigenvalue weighted by Gasteiger charge is 2.31. The van der Waals surface area contributed by atoms with Crippen molar-refractivity contribution in [2.24, 2.45) is 0 Å². The number of benzene rings is 2. The summed E-state index contributed by atoms with van der Waals surface area (Å²) < 4.78 is 0. The molecule has 6 nitrogen and oxygen atoms in total. The van der Waals surface area contributed by atoms with Crippen molar-refractivity contribution >= 4 is 28.4 Å². The number of aromatic nitrogens is 2. The van der Waals surface area contributed by atoms with Gasteiger partial charge in [0, 0.05) is 60.1 Å². The van der Waals surface area contributed by atoms with E-state index in [2.05, 4.69) is 20.9 Å². The van der Waals surface area contributed by atoms with Crippen molar-refractivity contribution in [3.05, 3.63) is 93.5 Å². The van der Waals surface area contributed by atoms with E-state index in [4.69, 9.17) is 11.6 Å². The molecule has 0 bridgehead atoms. The van der Waals surface area contributed by atoms with Gasteiger partial charge in [0.05, 0.1) is 6.04 Å². The number of fused-ring (bicyclic) bond motifs is 1. The molecule has 7 heteroatoms. The lowest BCUT2D eigenvalue weighted by molar-refractivity contribution is -0.142. The Morgan fingerprint density at radius 1 is 0.939 bits per heavy atom. The number of nitrogens with zero attached hydrogens (tertiary/aromatic N) is 2. The van der Waals surface area contributed by atoms with Crippen LogP contribution < -0.4 is 5.56 Å². The summed E-state index contributed by atoms with van der Waals surface area (Å²) in [5.74, 6) is 0.144. The molecule has 1 fully saturated rings. The largest absolute Gasteiger partial charge is 0.357 e. The summed E-state index contributed by atoms with van der Waals surface area (Å²) in [5.41, 5.74) is 5.09. The molecular weight excluding hydrogens is 436 g/mol. The first-order valence-electron chi connectivity index (χ1n) is 11.0. The van der Waals surface area contributed by atoms with Gasteiger partial charge in [-0.05, 0) is 53.9 Å². The summed E-state index contributed by atoms with van der Waals surface area (Å²) >= 11 is 6.10. The first kappa shape index (κ1) is 21.5. The van der Waals surface area contributed by atoms with Gasteiger partial charge in [-0.25, -0.2) is 0 Å². The van der Waals surface area contributed by atoms with Crippen molar-refractivity contribution in [1.82, 2.24) is 19.8 Å². The lowest BCUT2D eigenvalue weighted by Crippen LogP contribution is -2.54. The van der Waals surface area contributed by atoms with E-state index in [1.165, 1.54) is 6.07 Å². The molecule has 1 aliphatic heterocycles. The van der Waals surface area contributed by atoms with Gasteiger partial charge in [-0.3, -0.25) is 14.5 Å². The van der Waals surface area contributed by atoms with Crippen molar-refractivity contribution < 1.29 is 4.79 Å². The van der Waals surface area contributed by atoms with Crippen LogP contribution in [0.5, 0.6) is 0 Å². The quantitative estimate of drug-likeness (QED) is 0.463. The lowest BCUT2D eigenvalue weighted by Gasteiger charge is -2.39. The molecule has 2 N–H and O–H groups in total. The molecule has 2 aromatic heterocycles. The van der Waals surface area contributed by atoms with E-state index in [0.29, 0.717) is 19.6 Å². The zero-order valence-electron chi connectivity index (χ0n) is 18.3. The van der Waals surface area contributed by atoms with Crippen LogP contribution in [0.4, 0.5) is 0 Å². The summed E-state index contributed by atoms with van der Waals surface area (Å²) in [7, 11) is 0. The Labute approximate surface area is 196 Å². The minimum Gasteiger partial charge on any atom is -0.357 e. The van der Waals surface area contributed by atoms with Crippen molar-refractivity contribution in [1.29, 1.82) is 0 Å². The molecule has 33 heavy (non-hydrogen) atoms. The van der Waals surface area contributed by atoms with Crippen LogP contribution in [0.15, 0.2) is 71.7 Å². The van der Waals surface area contributed by atoms with Crippen LogP contribution >= 0.6 is 11.6 Å². The number of carbonyl (C=O) groups excluding carboxylic acids is 1. The van der Waals surface area contributed by atoms with Crippen LogP contribution in [-0.4, -0.2) is 44.8 Å². The van der Waals surface area contributed by atoms with Gasteiger partial charge in [-0.2, -0.15) is 0 Å². The number of pyridine rings is 1. The van der Waals surface area contributed by atoms with E-state index in [9.17, 15) is 9.59 Å². The molecule has 1 amide bonds. The Bertz CT molecular complexity index is 1340. The van der Waals surface area contributed by atoms with Gasteiger partial charge in [-0.1, -0.05) is 35.9 Å². The smallest absolute Gasteiger partial charge is 0.247 e. The summed E-state index contributed by atoms with van der Waals surface area (Å²) in [5, 5.41) is 1.80. The normalized spacial score (nSPS) is 17.1. The number of aromatic amines is 2. The van der Waals surface area contributed by atoms with Crippen molar-refractivity contribution in [3.63, 3.8) is 0 Å². The third-order valence-electron chi connectivity index (χ3n) is 6.33. The Morgan fingerprint density at radius 3 is 2.48 bits per heavy atom. The summed E-state index contributed by atoms with van der Waals surface area (Å²) in [6, 6.07) is 19.2. The molecule has 2 aromatic carbocycles. The SMILES string of the molecule is C[C@H]1C(=O)N(Cc2ccc(-c3ccc(=O)[nH]c3)cc2)CCN1Cc1cc2cc(Cl)ccc2[nH]1. The zero-order valence-corrected chi connectivity index (χ0v) is 19.1. The number of amides is 1. The molecule has 0 spiro atoms. The summed E-state index contributed by atoms with van der Waals surface area (Å²) in [4.78, 5) is 34.6. The van der Waals surface area contributed by atoms with Crippen LogP contribution in [-0.2, 0) is 17.9 Å². The Morgan fingerprint density at radius 2 is 1.73 bits per heavy atom. The number of hydrogen-bond donors (Lipinski definition) is 2. The second-order valence-electron chi connectivity index (χ2n) is 8.57. The minimum atomic E-state index is -0.186. The second kappa shape index (κ2) is 8.89. The van der Waals surface area contributed by atoms with Gasteiger partial charge in [0.15, 0.2) is 0 Å². The highest BCUT2D eigenvalue weighted by molar-refractivity contribution is 6.31. The van der Waals surface area contributed by atoms with E-state index >= 15 is 0 Å². The summed E-state index contributed by atoms with van der Waals surface area (Å²) in [6.45, 7) is 4.78. The Balaban J connectivity index is 1.23. The number of halogens is 1. The van der Waals surface area contributed by atoms with Crippen LogP contribution in [0.1, 0.15) is 18.2 Å². The highest BCUT2D eigenvalue weighted by Crippen LogP contribution is 2.23. The fourth-order valence-corrected chi connectivity index (χ4v) is 4.61. The monoisotopic (exact) mass is 460 g/mol. The zero-order chi connectivity index (χ0) is 22.9. The number of hydrogen-bond acceptors (Lipinski definition) is 3. The molecular formula is C26H25ClN4O2. The maximum atomic E-state index is 13.1. The highest BCUT2D eigenvalue weighted by atomic mass is 35.5. The van der Waals surface area contributed by atoms with Gasteiger partial charge in [-0.15, -0.1) is 0 Å². The van der Waals surface area contributed by atoms with Crippen LogP contribution in [0.25, 0.3) is 22.0 Å². The molecule has 1 aliphatic rings. The van der Waals surface area contributed by atoms with Crippen molar-refractivity contribution in [2.45, 2.75) is 26.1 Å². The number of piperazine rings is 1. The van der Waals surface area contributed by atoms with Gasteiger partial charge in [0.25, 0.3) is 0 Å². The minimum absolute atomic E-state index is 0.115. The predicted octanol–water partition coefficient (Wildman–Crippen LogP) is 4.41. The first-order chi connectivity index (χ1) is 16.0. The van der Waals surface area contributed by atoms with E-state index < -0.39 is 0 Å². The maximum absolute atomic E-state index is 13.1. The Kier molecular flexibility index (Phi) is 5.79. The van der Waals surface area contributed by atoms with E-state index in [-0.39, 0.29) is 17.5 Å². The molecule has 4 aromatic rings. The van der Waals surface area contributed by atoms with E-state index in [1.807, 2.05) is 54.3 Å². The van der Waals surface area contributed by atoms with Gasteiger partial charge < -0.3 is 14.9 Å². The van der Waals surface area contributed by atoms with Crippen LogP contribution in [0.2, 0.25) is 5.02 Å². The number of nitrogens with one attached hydrogen (secondary N) is 2. The molecule has 1 atom stereocenters. The average Bonchev–Trinajstić information content (AvgIpc) is 3.21. The van der Waals surface area contributed by atoms with Gasteiger partial charge in [0.1, 0.15) is 0 Å². The number of carbonyl (C=O) groups is 1. The van der Waals surface area contributed by atoms with Gasteiger partial charge in [0.2, 0.25) is 11.5 Å². The molecule has 3 heterocycles. The molecule has 0 unspecified atom stereocenters. The molecule has 5 rings (SSSR count). The fourth-order valence-electron chi connectivity index (χ4n) is 4.43.